The van der Waals surface area contributed by atoms with Gasteiger partial charge in [-0.3, -0.25) is 9.89 Å². The summed E-state index contributed by atoms with van der Waals surface area (Å²) in [4.78, 5) is 12.3. The highest BCUT2D eigenvalue weighted by Crippen LogP contribution is 2.26. The molecule has 2 N–H and O–H groups in total. The molecule has 3 aliphatic rings. The predicted octanol–water partition coefficient (Wildman–Crippen LogP) is 1.59. The van der Waals surface area contributed by atoms with Gasteiger partial charge in [0.25, 0.3) is 0 Å². The molecule has 1 unspecified atom stereocenters. The third kappa shape index (κ3) is 6.61. The summed E-state index contributed by atoms with van der Waals surface area (Å²) in [5, 5.41) is 7.18. The van der Waals surface area contributed by atoms with Crippen molar-refractivity contribution in [1.29, 1.82) is 0 Å². The van der Waals surface area contributed by atoms with Crippen LogP contribution in [0.4, 0.5) is 0 Å². The van der Waals surface area contributed by atoms with Gasteiger partial charge in [0.05, 0.1) is 0 Å². The fourth-order valence-electron chi connectivity index (χ4n) is 4.89. The number of unbranched alkanes of at least 4 members (excludes halogenated alkanes) is 1. The summed E-state index contributed by atoms with van der Waals surface area (Å²) in [5.41, 5.74) is 0. The molecule has 27 heavy (non-hydrogen) atoms. The minimum Gasteiger partial charge on any atom is -0.356 e. The number of likely N-dealkylation sites (tertiary alicyclic amines) is 1. The monoisotopic (exact) mass is 378 g/mol. The van der Waals surface area contributed by atoms with E-state index in [-0.39, 0.29) is 0 Å². The molecule has 3 fully saturated rings. The Labute approximate surface area is 166 Å². The number of nitrogens with one attached hydrogen (secondary N) is 2. The zero-order valence-electron chi connectivity index (χ0n) is 17.8. The Morgan fingerprint density at radius 3 is 2.41 bits per heavy atom. The highest BCUT2D eigenvalue weighted by Gasteiger charge is 2.30. The molecular formula is C21H42N6. The Bertz CT molecular complexity index is 440. The van der Waals surface area contributed by atoms with Crippen LogP contribution in [-0.4, -0.2) is 98.7 Å². The van der Waals surface area contributed by atoms with Gasteiger partial charge < -0.3 is 20.4 Å². The van der Waals surface area contributed by atoms with Crippen LogP contribution < -0.4 is 10.6 Å². The summed E-state index contributed by atoms with van der Waals surface area (Å²) in [5.74, 6) is 0.991. The van der Waals surface area contributed by atoms with E-state index in [9.17, 15) is 0 Å². The number of hydrogen-bond acceptors (Lipinski definition) is 4. The summed E-state index contributed by atoms with van der Waals surface area (Å²) >= 11 is 0. The van der Waals surface area contributed by atoms with Crippen molar-refractivity contribution in [1.82, 2.24) is 25.3 Å². The van der Waals surface area contributed by atoms with Gasteiger partial charge in [-0.05, 0) is 45.2 Å². The molecule has 3 rings (SSSR count). The summed E-state index contributed by atoms with van der Waals surface area (Å²) < 4.78 is 0. The first kappa shape index (κ1) is 20.9. The Balaban J connectivity index is 1.24. The molecule has 0 bridgehead atoms. The molecule has 0 amide bonds. The van der Waals surface area contributed by atoms with Crippen molar-refractivity contribution in [2.45, 2.75) is 64.0 Å². The van der Waals surface area contributed by atoms with Crippen LogP contribution >= 0.6 is 0 Å². The highest BCUT2D eigenvalue weighted by molar-refractivity contribution is 5.79. The molecule has 1 atom stereocenters. The van der Waals surface area contributed by atoms with Crippen LogP contribution in [0.3, 0.4) is 0 Å². The smallest absolute Gasteiger partial charge is 0.191 e. The second kappa shape index (κ2) is 11.2. The second-order valence-corrected chi connectivity index (χ2v) is 8.55. The normalized spacial score (nSPS) is 26.7. The number of rotatable bonds is 8. The van der Waals surface area contributed by atoms with Crippen LogP contribution in [0.25, 0.3) is 0 Å². The van der Waals surface area contributed by atoms with Gasteiger partial charge in [-0.15, -0.1) is 0 Å². The summed E-state index contributed by atoms with van der Waals surface area (Å²) in [6.07, 6.45) is 9.41. The van der Waals surface area contributed by atoms with E-state index < -0.39 is 0 Å². The van der Waals surface area contributed by atoms with E-state index in [2.05, 4.69) is 37.2 Å². The number of aliphatic imine (C=N–C) groups is 1. The first-order valence-electron chi connectivity index (χ1n) is 11.4. The summed E-state index contributed by atoms with van der Waals surface area (Å²) in [6.45, 7) is 13.1. The van der Waals surface area contributed by atoms with E-state index in [1.807, 2.05) is 7.05 Å². The molecule has 0 spiro atoms. The molecule has 2 heterocycles. The fraction of sp³-hybridized carbons (Fsp3) is 0.952. The lowest BCUT2D eigenvalue weighted by molar-refractivity contribution is 0.136. The van der Waals surface area contributed by atoms with Gasteiger partial charge in [0, 0.05) is 64.9 Å². The lowest BCUT2D eigenvalue weighted by Gasteiger charge is -2.34. The molecule has 0 aromatic rings. The van der Waals surface area contributed by atoms with E-state index in [0.29, 0.717) is 6.04 Å². The Morgan fingerprint density at radius 2 is 1.70 bits per heavy atom. The van der Waals surface area contributed by atoms with E-state index in [1.165, 1.54) is 97.3 Å². The number of guanidine groups is 1. The Morgan fingerprint density at radius 1 is 0.963 bits per heavy atom. The topological polar surface area (TPSA) is 46.1 Å². The minimum absolute atomic E-state index is 0.562. The predicted molar refractivity (Wildman–Crippen MR) is 115 cm³/mol. The lowest BCUT2D eigenvalue weighted by Crippen LogP contribution is -2.46. The van der Waals surface area contributed by atoms with E-state index in [4.69, 9.17) is 0 Å². The van der Waals surface area contributed by atoms with Crippen LogP contribution in [0.2, 0.25) is 0 Å². The van der Waals surface area contributed by atoms with Gasteiger partial charge in [0.15, 0.2) is 5.96 Å². The summed E-state index contributed by atoms with van der Waals surface area (Å²) in [6, 6.07) is 1.41. The number of nitrogens with zero attached hydrogens (tertiary/aromatic N) is 4. The van der Waals surface area contributed by atoms with E-state index in [0.717, 1.165) is 18.5 Å². The van der Waals surface area contributed by atoms with Crippen molar-refractivity contribution in [3.63, 3.8) is 0 Å². The number of hydrogen-bond donors (Lipinski definition) is 2. The van der Waals surface area contributed by atoms with Gasteiger partial charge in [0.2, 0.25) is 0 Å². The SMILES string of the molecule is CCN1CCN(CCCCNC(=NC)NC2CCN(C3CCCC3)C2)CC1. The molecule has 0 aromatic heterocycles. The van der Waals surface area contributed by atoms with E-state index in [1.54, 1.807) is 0 Å². The van der Waals surface area contributed by atoms with Gasteiger partial charge in [0.1, 0.15) is 0 Å². The largest absolute Gasteiger partial charge is 0.356 e. The third-order valence-corrected chi connectivity index (χ3v) is 6.73. The minimum atomic E-state index is 0.562. The molecule has 2 saturated heterocycles. The molecule has 2 aliphatic heterocycles. The van der Waals surface area contributed by atoms with Crippen molar-refractivity contribution in [3.05, 3.63) is 0 Å². The Kier molecular flexibility index (Phi) is 8.68. The van der Waals surface area contributed by atoms with Gasteiger partial charge in [-0.25, -0.2) is 0 Å². The second-order valence-electron chi connectivity index (χ2n) is 8.55. The molecule has 1 saturated carbocycles. The molecule has 156 valence electrons. The van der Waals surface area contributed by atoms with Crippen molar-refractivity contribution in [2.75, 3.05) is 66.0 Å². The number of likely N-dealkylation sites (N-methyl/N-ethyl adjacent to an activating group) is 1. The first-order chi connectivity index (χ1) is 13.3. The molecule has 1 aliphatic carbocycles. The first-order valence-corrected chi connectivity index (χ1v) is 11.4. The van der Waals surface area contributed by atoms with Crippen molar-refractivity contribution in [2.24, 2.45) is 4.99 Å². The maximum absolute atomic E-state index is 4.44. The highest BCUT2D eigenvalue weighted by atomic mass is 15.3. The van der Waals surface area contributed by atoms with Crippen molar-refractivity contribution < 1.29 is 0 Å². The summed E-state index contributed by atoms with van der Waals surface area (Å²) in [7, 11) is 1.90. The Hall–Kier alpha value is -0.850. The number of piperazine rings is 1. The molecule has 0 radical (unpaired) electrons. The maximum Gasteiger partial charge on any atom is 0.191 e. The standard InChI is InChI=1S/C21H42N6/c1-3-25-14-16-26(17-15-25)12-7-6-11-23-21(22-2)24-19-10-13-27(18-19)20-8-4-5-9-20/h19-20H,3-18H2,1-2H3,(H2,22,23,24). The zero-order valence-corrected chi connectivity index (χ0v) is 17.8. The quantitative estimate of drug-likeness (QED) is 0.382. The van der Waals surface area contributed by atoms with Crippen LogP contribution in [0, 0.1) is 0 Å². The molecular weight excluding hydrogens is 336 g/mol. The zero-order chi connectivity index (χ0) is 18.9. The van der Waals surface area contributed by atoms with Gasteiger partial charge in [-0.1, -0.05) is 19.8 Å². The van der Waals surface area contributed by atoms with Crippen LogP contribution in [0.5, 0.6) is 0 Å². The van der Waals surface area contributed by atoms with E-state index >= 15 is 0 Å². The van der Waals surface area contributed by atoms with Crippen LogP contribution in [0.15, 0.2) is 4.99 Å². The average Bonchev–Trinajstić information content (AvgIpc) is 3.39. The third-order valence-electron chi connectivity index (χ3n) is 6.73. The fourth-order valence-corrected chi connectivity index (χ4v) is 4.89. The van der Waals surface area contributed by atoms with Crippen LogP contribution in [0.1, 0.15) is 51.9 Å². The van der Waals surface area contributed by atoms with Gasteiger partial charge >= 0.3 is 0 Å². The van der Waals surface area contributed by atoms with Crippen molar-refractivity contribution >= 4 is 5.96 Å². The average molecular weight is 379 g/mol. The van der Waals surface area contributed by atoms with Gasteiger partial charge in [-0.2, -0.15) is 0 Å². The van der Waals surface area contributed by atoms with Crippen LogP contribution in [-0.2, 0) is 0 Å². The molecule has 6 nitrogen and oxygen atoms in total. The van der Waals surface area contributed by atoms with Crippen molar-refractivity contribution in [3.8, 4) is 0 Å². The lowest BCUT2D eigenvalue weighted by atomic mass is 10.2. The maximum atomic E-state index is 4.44. The molecule has 0 aromatic carbocycles. The molecule has 6 heteroatoms.